The van der Waals surface area contributed by atoms with Crippen LogP contribution in [0.25, 0.3) is 5.65 Å². The van der Waals surface area contributed by atoms with E-state index in [4.69, 9.17) is 0 Å². The Hall–Kier alpha value is -1.03. The molecule has 0 atom stereocenters. The Bertz CT molecular complexity index is 382. The molecular formula is C8H9N3S. The van der Waals surface area contributed by atoms with E-state index < -0.39 is 0 Å². The first kappa shape index (κ1) is 7.61. The molecule has 2 rings (SSSR count). The summed E-state index contributed by atoms with van der Waals surface area (Å²) in [5, 5.41) is 5.39. The van der Waals surface area contributed by atoms with Gasteiger partial charge in [-0.3, -0.25) is 0 Å². The van der Waals surface area contributed by atoms with Crippen LogP contribution in [0, 0.1) is 0 Å². The van der Waals surface area contributed by atoms with Crippen molar-refractivity contribution in [1.29, 1.82) is 0 Å². The van der Waals surface area contributed by atoms with E-state index in [0.29, 0.717) is 0 Å². The maximum absolute atomic E-state index is 4.34. The predicted molar refractivity (Wildman–Crippen MR) is 49.4 cm³/mol. The molecule has 0 N–H and O–H groups in total. The van der Waals surface area contributed by atoms with E-state index in [2.05, 4.69) is 17.0 Å². The van der Waals surface area contributed by atoms with Crippen molar-refractivity contribution < 1.29 is 0 Å². The Kier molecular flexibility index (Phi) is 1.99. The Balaban J connectivity index is 2.46. The van der Waals surface area contributed by atoms with Gasteiger partial charge in [0, 0.05) is 12.4 Å². The number of nitrogens with zero attached hydrogens (tertiary/aromatic N) is 3. The zero-order valence-corrected chi connectivity index (χ0v) is 7.58. The van der Waals surface area contributed by atoms with E-state index in [1.165, 1.54) is 0 Å². The van der Waals surface area contributed by atoms with Crippen LogP contribution in [0.5, 0.6) is 0 Å². The van der Waals surface area contributed by atoms with Crippen molar-refractivity contribution in [2.45, 2.75) is 11.9 Å². The van der Waals surface area contributed by atoms with Gasteiger partial charge in [-0.15, -0.1) is 11.8 Å². The fourth-order valence-electron chi connectivity index (χ4n) is 1.02. The highest BCUT2D eigenvalue weighted by Gasteiger charge is 1.96. The Labute approximate surface area is 74.8 Å². The highest BCUT2D eigenvalue weighted by Crippen LogP contribution is 2.13. The second-order valence-corrected chi connectivity index (χ2v) is 3.62. The lowest BCUT2D eigenvalue weighted by Crippen LogP contribution is -1.91. The molecule has 0 aliphatic rings. The SMILES string of the molecule is CCSc1ccc2nccn2n1. The molecule has 62 valence electrons. The molecule has 0 amide bonds. The highest BCUT2D eigenvalue weighted by molar-refractivity contribution is 7.99. The van der Waals surface area contributed by atoms with Gasteiger partial charge in [-0.25, -0.2) is 9.50 Å². The topological polar surface area (TPSA) is 30.2 Å². The zero-order valence-electron chi connectivity index (χ0n) is 6.77. The molecule has 0 aromatic carbocycles. The van der Waals surface area contributed by atoms with E-state index in [1.807, 2.05) is 18.3 Å². The quantitative estimate of drug-likeness (QED) is 0.659. The van der Waals surface area contributed by atoms with Crippen molar-refractivity contribution in [2.24, 2.45) is 0 Å². The number of thioether (sulfide) groups is 1. The largest absolute Gasteiger partial charge is 0.236 e. The van der Waals surface area contributed by atoms with E-state index >= 15 is 0 Å². The smallest absolute Gasteiger partial charge is 0.153 e. The van der Waals surface area contributed by atoms with Crippen LogP contribution in [-0.2, 0) is 0 Å². The maximum Gasteiger partial charge on any atom is 0.153 e. The van der Waals surface area contributed by atoms with Crippen LogP contribution in [0.2, 0.25) is 0 Å². The van der Waals surface area contributed by atoms with E-state index in [1.54, 1.807) is 22.5 Å². The van der Waals surface area contributed by atoms with Gasteiger partial charge in [0.25, 0.3) is 0 Å². The Morgan fingerprint density at radius 1 is 1.50 bits per heavy atom. The molecule has 2 heterocycles. The van der Waals surface area contributed by atoms with Gasteiger partial charge in [-0.1, -0.05) is 6.92 Å². The summed E-state index contributed by atoms with van der Waals surface area (Å²) in [5.41, 5.74) is 0.899. The molecule has 0 bridgehead atoms. The molecule has 4 heteroatoms. The summed E-state index contributed by atoms with van der Waals surface area (Å²) >= 11 is 1.73. The molecule has 0 fully saturated rings. The van der Waals surface area contributed by atoms with Crippen LogP contribution < -0.4 is 0 Å². The molecule has 2 aromatic heterocycles. The van der Waals surface area contributed by atoms with Gasteiger partial charge in [0.05, 0.1) is 0 Å². The summed E-state index contributed by atoms with van der Waals surface area (Å²) in [6.07, 6.45) is 3.61. The van der Waals surface area contributed by atoms with Crippen LogP contribution in [0.15, 0.2) is 29.6 Å². The average Bonchev–Trinajstić information content (AvgIpc) is 2.51. The lowest BCUT2D eigenvalue weighted by atomic mass is 10.6. The Morgan fingerprint density at radius 2 is 2.42 bits per heavy atom. The second-order valence-electron chi connectivity index (χ2n) is 2.33. The predicted octanol–water partition coefficient (Wildman–Crippen LogP) is 1.84. The molecule has 3 nitrogen and oxygen atoms in total. The molecule has 0 unspecified atom stereocenters. The first-order valence-electron chi connectivity index (χ1n) is 3.83. The molecule has 0 saturated carbocycles. The standard InChI is InChI=1S/C8H9N3S/c1-2-12-8-4-3-7-9-5-6-11(7)10-8/h3-6H,2H2,1H3. The number of hydrogen-bond donors (Lipinski definition) is 0. The van der Waals surface area contributed by atoms with Crippen molar-refractivity contribution in [1.82, 2.24) is 14.6 Å². The third-order valence-electron chi connectivity index (χ3n) is 1.52. The molecule has 0 saturated heterocycles. The minimum Gasteiger partial charge on any atom is -0.236 e. The van der Waals surface area contributed by atoms with Crippen LogP contribution in [0.3, 0.4) is 0 Å². The Morgan fingerprint density at radius 3 is 3.25 bits per heavy atom. The number of imidazole rings is 1. The zero-order chi connectivity index (χ0) is 8.39. The maximum atomic E-state index is 4.34. The fourth-order valence-corrected chi connectivity index (χ4v) is 1.63. The molecule has 0 aliphatic heterocycles. The van der Waals surface area contributed by atoms with Crippen molar-refractivity contribution >= 4 is 17.4 Å². The summed E-state index contributed by atoms with van der Waals surface area (Å²) < 4.78 is 1.79. The number of hydrogen-bond acceptors (Lipinski definition) is 3. The lowest BCUT2D eigenvalue weighted by molar-refractivity contribution is 0.859. The van der Waals surface area contributed by atoms with E-state index in [9.17, 15) is 0 Å². The van der Waals surface area contributed by atoms with Gasteiger partial charge < -0.3 is 0 Å². The van der Waals surface area contributed by atoms with Gasteiger partial charge in [-0.2, -0.15) is 5.10 Å². The molecule has 12 heavy (non-hydrogen) atoms. The van der Waals surface area contributed by atoms with Gasteiger partial charge >= 0.3 is 0 Å². The normalized spacial score (nSPS) is 10.8. The van der Waals surface area contributed by atoms with Crippen LogP contribution in [-0.4, -0.2) is 20.4 Å². The summed E-state index contributed by atoms with van der Waals surface area (Å²) in [4.78, 5) is 4.11. The van der Waals surface area contributed by atoms with Crippen molar-refractivity contribution in [3.05, 3.63) is 24.5 Å². The summed E-state index contributed by atoms with van der Waals surface area (Å²) in [7, 11) is 0. The first-order valence-corrected chi connectivity index (χ1v) is 4.82. The molecule has 0 radical (unpaired) electrons. The number of aromatic nitrogens is 3. The molecule has 2 aromatic rings. The molecule has 0 spiro atoms. The van der Waals surface area contributed by atoms with Crippen LogP contribution in [0.1, 0.15) is 6.92 Å². The fraction of sp³-hybridized carbons (Fsp3) is 0.250. The summed E-state index contributed by atoms with van der Waals surface area (Å²) in [6, 6.07) is 3.97. The first-order chi connectivity index (χ1) is 5.90. The van der Waals surface area contributed by atoms with E-state index in [-0.39, 0.29) is 0 Å². The summed E-state index contributed by atoms with van der Waals surface area (Å²) in [6.45, 7) is 2.12. The van der Waals surface area contributed by atoms with Crippen molar-refractivity contribution in [3.63, 3.8) is 0 Å². The minimum absolute atomic E-state index is 0.899. The van der Waals surface area contributed by atoms with Crippen LogP contribution in [0.4, 0.5) is 0 Å². The van der Waals surface area contributed by atoms with Crippen molar-refractivity contribution in [2.75, 3.05) is 5.75 Å². The highest BCUT2D eigenvalue weighted by atomic mass is 32.2. The number of fused-ring (bicyclic) bond motifs is 1. The number of rotatable bonds is 2. The minimum atomic E-state index is 0.899. The van der Waals surface area contributed by atoms with Crippen LogP contribution >= 0.6 is 11.8 Å². The van der Waals surface area contributed by atoms with E-state index in [0.717, 1.165) is 16.4 Å². The molecular weight excluding hydrogens is 170 g/mol. The lowest BCUT2D eigenvalue weighted by Gasteiger charge is -1.97. The van der Waals surface area contributed by atoms with Gasteiger partial charge in [0.15, 0.2) is 5.65 Å². The average molecular weight is 179 g/mol. The summed E-state index contributed by atoms with van der Waals surface area (Å²) in [5.74, 6) is 1.05. The van der Waals surface area contributed by atoms with Gasteiger partial charge in [0.1, 0.15) is 5.03 Å². The van der Waals surface area contributed by atoms with Gasteiger partial charge in [-0.05, 0) is 17.9 Å². The third kappa shape index (κ3) is 1.30. The third-order valence-corrected chi connectivity index (χ3v) is 2.33. The molecule has 0 aliphatic carbocycles. The van der Waals surface area contributed by atoms with Crippen molar-refractivity contribution in [3.8, 4) is 0 Å². The second kappa shape index (κ2) is 3.15. The monoisotopic (exact) mass is 179 g/mol. The van der Waals surface area contributed by atoms with Gasteiger partial charge in [0.2, 0.25) is 0 Å².